The van der Waals surface area contributed by atoms with Gasteiger partial charge in [0.1, 0.15) is 11.8 Å². The van der Waals surface area contributed by atoms with Crippen molar-refractivity contribution in [1.82, 2.24) is 10.3 Å². The van der Waals surface area contributed by atoms with E-state index >= 15 is 0 Å². The number of carbonyl (C=O) groups is 2. The van der Waals surface area contributed by atoms with Crippen LogP contribution in [0.4, 0.5) is 0 Å². The first-order chi connectivity index (χ1) is 10.6. The highest BCUT2D eigenvalue weighted by molar-refractivity contribution is 5.97. The number of methoxy groups -OCH3 is 1. The summed E-state index contributed by atoms with van der Waals surface area (Å²) in [5.74, 6) is -0.362. The van der Waals surface area contributed by atoms with Gasteiger partial charge in [0.2, 0.25) is 5.91 Å². The molecule has 0 aliphatic rings. The Morgan fingerprint density at radius 2 is 2.05 bits per heavy atom. The molecule has 2 aromatic rings. The Morgan fingerprint density at radius 3 is 2.68 bits per heavy atom. The van der Waals surface area contributed by atoms with Gasteiger partial charge in [-0.15, -0.1) is 0 Å². The quantitative estimate of drug-likeness (QED) is 0.829. The van der Waals surface area contributed by atoms with Crippen LogP contribution in [0, 0.1) is 0 Å². The first-order valence-electron chi connectivity index (χ1n) is 6.74. The molecule has 0 saturated heterocycles. The topological polar surface area (TPSA) is 94.3 Å². The highest BCUT2D eigenvalue weighted by Crippen LogP contribution is 2.19. The number of primary amides is 1. The molecule has 114 valence electrons. The number of nitrogens with two attached hydrogens (primary N) is 1. The van der Waals surface area contributed by atoms with Gasteiger partial charge in [-0.05, 0) is 23.8 Å². The van der Waals surface area contributed by atoms with Crippen molar-refractivity contribution in [3.8, 4) is 5.75 Å². The Morgan fingerprint density at radius 1 is 1.27 bits per heavy atom. The predicted molar refractivity (Wildman–Crippen MR) is 81.4 cm³/mol. The van der Waals surface area contributed by atoms with Crippen molar-refractivity contribution < 1.29 is 14.3 Å². The lowest BCUT2D eigenvalue weighted by molar-refractivity contribution is -0.119. The summed E-state index contributed by atoms with van der Waals surface area (Å²) in [6, 6.07) is 9.71. The number of amides is 2. The van der Waals surface area contributed by atoms with Crippen molar-refractivity contribution in [2.24, 2.45) is 5.73 Å². The van der Waals surface area contributed by atoms with E-state index in [0.29, 0.717) is 11.3 Å². The monoisotopic (exact) mass is 299 g/mol. The van der Waals surface area contributed by atoms with Crippen LogP contribution in [0.25, 0.3) is 0 Å². The van der Waals surface area contributed by atoms with E-state index in [4.69, 9.17) is 10.5 Å². The van der Waals surface area contributed by atoms with Gasteiger partial charge in [-0.25, -0.2) is 0 Å². The molecule has 1 aromatic carbocycles. The van der Waals surface area contributed by atoms with Gasteiger partial charge in [0.25, 0.3) is 5.91 Å². The maximum atomic E-state index is 12.1. The third-order valence-electron chi connectivity index (χ3n) is 3.19. The van der Waals surface area contributed by atoms with Gasteiger partial charge >= 0.3 is 0 Å². The average molecular weight is 299 g/mol. The summed E-state index contributed by atoms with van der Waals surface area (Å²) in [4.78, 5) is 27.6. The molecule has 2 amide bonds. The fourth-order valence-electron chi connectivity index (χ4n) is 2.05. The third-order valence-corrected chi connectivity index (χ3v) is 3.19. The predicted octanol–water partition coefficient (Wildman–Crippen LogP) is 0.917. The number of nitrogens with one attached hydrogen (secondary N) is 1. The second-order valence-electron chi connectivity index (χ2n) is 4.69. The lowest BCUT2D eigenvalue weighted by Crippen LogP contribution is -2.45. The smallest absolute Gasteiger partial charge is 0.253 e. The molecular formula is C16H17N3O3. The number of hydrogen-bond donors (Lipinski definition) is 2. The van der Waals surface area contributed by atoms with Crippen molar-refractivity contribution in [2.45, 2.75) is 12.5 Å². The molecule has 0 aliphatic heterocycles. The van der Waals surface area contributed by atoms with Gasteiger partial charge < -0.3 is 15.8 Å². The van der Waals surface area contributed by atoms with Gasteiger partial charge in [-0.2, -0.15) is 0 Å². The fraction of sp³-hybridized carbons (Fsp3) is 0.188. The number of aromatic nitrogens is 1. The van der Waals surface area contributed by atoms with Crippen molar-refractivity contribution in [3.05, 3.63) is 59.9 Å². The molecule has 0 bridgehead atoms. The minimum absolute atomic E-state index is 0.255. The fourth-order valence-corrected chi connectivity index (χ4v) is 2.05. The van der Waals surface area contributed by atoms with Gasteiger partial charge in [0, 0.05) is 18.8 Å². The number of nitrogens with zero attached hydrogens (tertiary/aromatic N) is 1. The zero-order valence-electron chi connectivity index (χ0n) is 12.2. The van der Waals surface area contributed by atoms with Crippen LogP contribution in [-0.4, -0.2) is 29.9 Å². The van der Waals surface area contributed by atoms with E-state index in [1.165, 1.54) is 6.20 Å². The molecule has 0 radical (unpaired) electrons. The normalized spacial score (nSPS) is 11.5. The maximum Gasteiger partial charge on any atom is 0.253 e. The van der Waals surface area contributed by atoms with E-state index in [2.05, 4.69) is 10.3 Å². The van der Waals surface area contributed by atoms with Crippen molar-refractivity contribution in [1.29, 1.82) is 0 Å². The molecule has 0 spiro atoms. The van der Waals surface area contributed by atoms with Crippen LogP contribution in [0.1, 0.15) is 15.9 Å². The Balaban J connectivity index is 2.14. The van der Waals surface area contributed by atoms with E-state index < -0.39 is 17.9 Å². The molecule has 6 heteroatoms. The molecule has 1 heterocycles. The van der Waals surface area contributed by atoms with Crippen LogP contribution in [0.2, 0.25) is 0 Å². The summed E-state index contributed by atoms with van der Waals surface area (Å²) in [5, 5.41) is 2.62. The molecule has 0 saturated carbocycles. The maximum absolute atomic E-state index is 12.1. The number of ether oxygens (including phenoxy) is 1. The molecule has 22 heavy (non-hydrogen) atoms. The minimum atomic E-state index is -0.830. The van der Waals surface area contributed by atoms with E-state index in [0.717, 1.165) is 5.56 Å². The Labute approximate surface area is 128 Å². The zero-order chi connectivity index (χ0) is 15.9. The van der Waals surface area contributed by atoms with Crippen LogP contribution in [0.15, 0.2) is 48.8 Å². The second kappa shape index (κ2) is 7.21. The number of pyridine rings is 1. The van der Waals surface area contributed by atoms with Gasteiger partial charge in [-0.3, -0.25) is 14.6 Å². The first-order valence-corrected chi connectivity index (χ1v) is 6.74. The van der Waals surface area contributed by atoms with Crippen LogP contribution in [0.3, 0.4) is 0 Å². The molecule has 1 aromatic heterocycles. The first kappa shape index (κ1) is 15.5. The SMILES string of the molecule is COc1ccccc1C[C@@H](NC(=O)c1cccnc1)C(N)=O. The molecular weight excluding hydrogens is 282 g/mol. The largest absolute Gasteiger partial charge is 0.496 e. The Bertz CT molecular complexity index is 659. The number of benzene rings is 1. The highest BCUT2D eigenvalue weighted by Gasteiger charge is 2.21. The summed E-state index contributed by atoms with van der Waals surface area (Å²) < 4.78 is 5.24. The van der Waals surface area contributed by atoms with Crippen LogP contribution >= 0.6 is 0 Å². The summed E-state index contributed by atoms with van der Waals surface area (Å²) in [6.07, 6.45) is 3.25. The number of carbonyl (C=O) groups excluding carboxylic acids is 2. The molecule has 0 aliphatic carbocycles. The molecule has 0 unspecified atom stereocenters. The van der Waals surface area contributed by atoms with Gasteiger partial charge in [0.15, 0.2) is 0 Å². The van der Waals surface area contributed by atoms with Crippen molar-refractivity contribution in [2.75, 3.05) is 7.11 Å². The summed E-state index contributed by atoms with van der Waals surface area (Å²) >= 11 is 0. The zero-order valence-corrected chi connectivity index (χ0v) is 12.2. The third kappa shape index (κ3) is 3.82. The molecule has 0 fully saturated rings. The minimum Gasteiger partial charge on any atom is -0.496 e. The van der Waals surface area contributed by atoms with Crippen LogP contribution < -0.4 is 15.8 Å². The van der Waals surface area contributed by atoms with Gasteiger partial charge in [-0.1, -0.05) is 18.2 Å². The van der Waals surface area contributed by atoms with Crippen molar-refractivity contribution in [3.63, 3.8) is 0 Å². The molecule has 2 rings (SSSR count). The van der Waals surface area contributed by atoms with Crippen LogP contribution in [0.5, 0.6) is 5.75 Å². The van der Waals surface area contributed by atoms with E-state index in [9.17, 15) is 9.59 Å². The van der Waals surface area contributed by atoms with E-state index in [1.807, 2.05) is 18.2 Å². The summed E-state index contributed by atoms with van der Waals surface area (Å²) in [6.45, 7) is 0. The standard InChI is InChI=1S/C16H17N3O3/c1-22-14-7-3-2-5-11(14)9-13(15(17)20)19-16(21)12-6-4-8-18-10-12/h2-8,10,13H,9H2,1H3,(H2,17,20)(H,19,21)/t13-/m1/s1. The Hall–Kier alpha value is -2.89. The lowest BCUT2D eigenvalue weighted by atomic mass is 10.0. The number of para-hydroxylation sites is 1. The van der Waals surface area contributed by atoms with Crippen LogP contribution in [-0.2, 0) is 11.2 Å². The lowest BCUT2D eigenvalue weighted by Gasteiger charge is -2.17. The average Bonchev–Trinajstić information content (AvgIpc) is 2.55. The molecule has 6 nitrogen and oxygen atoms in total. The second-order valence-corrected chi connectivity index (χ2v) is 4.69. The van der Waals surface area contributed by atoms with E-state index in [-0.39, 0.29) is 6.42 Å². The van der Waals surface area contributed by atoms with Gasteiger partial charge in [0.05, 0.1) is 12.7 Å². The number of hydrogen-bond acceptors (Lipinski definition) is 4. The van der Waals surface area contributed by atoms with Crippen molar-refractivity contribution >= 4 is 11.8 Å². The molecule has 1 atom stereocenters. The summed E-state index contributed by atoms with van der Waals surface area (Å²) in [5.41, 5.74) is 6.55. The van der Waals surface area contributed by atoms with E-state index in [1.54, 1.807) is 31.5 Å². The number of rotatable bonds is 6. The Kier molecular flexibility index (Phi) is 5.08. The highest BCUT2D eigenvalue weighted by atomic mass is 16.5. The molecule has 3 N–H and O–H groups in total. The summed E-state index contributed by atoms with van der Waals surface area (Å²) in [7, 11) is 1.55.